The highest BCUT2D eigenvalue weighted by molar-refractivity contribution is 5.68. The van der Waals surface area contributed by atoms with Crippen molar-refractivity contribution in [2.75, 3.05) is 0 Å². The summed E-state index contributed by atoms with van der Waals surface area (Å²) < 4.78 is 5.45. The van der Waals surface area contributed by atoms with Crippen LogP contribution in [0.5, 0.6) is 0 Å². The van der Waals surface area contributed by atoms with Crippen LogP contribution in [-0.4, -0.2) is 34.7 Å². The number of nitrogens with one attached hydrogen (secondary N) is 1. The number of ether oxygens (including phenoxy) is 1. The molecule has 1 fully saturated rings. The molecule has 1 heterocycles. The third kappa shape index (κ3) is 4.97. The van der Waals surface area contributed by atoms with Crippen LogP contribution in [0.25, 0.3) is 0 Å². The van der Waals surface area contributed by atoms with E-state index < -0.39 is 5.60 Å². The number of hydrogen-bond donors (Lipinski definition) is 1. The van der Waals surface area contributed by atoms with Gasteiger partial charge < -0.3 is 10.1 Å². The number of amides is 1. The number of rotatable bonds is 3. The van der Waals surface area contributed by atoms with Crippen molar-refractivity contribution in [2.45, 2.75) is 78.2 Å². The smallest absolute Gasteiger partial charge is 0.407 e. The average Bonchev–Trinajstić information content (AvgIpc) is 2.47. The number of hydrogen-bond acceptors (Lipinski definition) is 3. The van der Waals surface area contributed by atoms with Gasteiger partial charge in [0.1, 0.15) is 5.60 Å². The van der Waals surface area contributed by atoms with Crippen LogP contribution in [0.4, 0.5) is 4.79 Å². The Hall–Kier alpha value is -1.55. The predicted octanol–water partition coefficient (Wildman–Crippen LogP) is 4.20. The summed E-state index contributed by atoms with van der Waals surface area (Å²) in [7, 11) is 0. The number of benzene rings is 1. The summed E-state index contributed by atoms with van der Waals surface area (Å²) in [5.74, 6) is 0.426. The summed E-state index contributed by atoms with van der Waals surface area (Å²) in [6, 6.07) is 11.4. The molecule has 1 amide bonds. The van der Waals surface area contributed by atoms with Crippen LogP contribution in [0, 0.1) is 5.92 Å². The van der Waals surface area contributed by atoms with Crippen molar-refractivity contribution < 1.29 is 9.53 Å². The average molecular weight is 332 g/mol. The lowest BCUT2D eigenvalue weighted by molar-refractivity contribution is 0.0171. The molecule has 1 aliphatic heterocycles. The van der Waals surface area contributed by atoms with E-state index in [2.05, 4.69) is 55.3 Å². The topological polar surface area (TPSA) is 41.6 Å². The molecule has 0 unspecified atom stereocenters. The molecular formula is C20H32N2O2. The van der Waals surface area contributed by atoms with E-state index in [0.29, 0.717) is 12.0 Å². The lowest BCUT2D eigenvalue weighted by atomic mass is 9.83. The van der Waals surface area contributed by atoms with Gasteiger partial charge in [0.15, 0.2) is 0 Å². The van der Waals surface area contributed by atoms with Gasteiger partial charge in [-0.15, -0.1) is 0 Å². The van der Waals surface area contributed by atoms with E-state index in [9.17, 15) is 4.79 Å². The molecule has 4 atom stereocenters. The predicted molar refractivity (Wildman–Crippen MR) is 97.8 cm³/mol. The van der Waals surface area contributed by atoms with Gasteiger partial charge in [-0.1, -0.05) is 37.3 Å². The highest BCUT2D eigenvalue weighted by Crippen LogP contribution is 2.29. The Labute approximate surface area is 146 Å². The Kier molecular flexibility index (Phi) is 5.92. The van der Waals surface area contributed by atoms with Crippen molar-refractivity contribution in [3.8, 4) is 0 Å². The largest absolute Gasteiger partial charge is 0.444 e. The molecule has 1 aliphatic rings. The molecule has 0 bridgehead atoms. The molecule has 134 valence electrons. The molecule has 2 rings (SSSR count). The van der Waals surface area contributed by atoms with Crippen LogP contribution >= 0.6 is 0 Å². The lowest BCUT2D eigenvalue weighted by Gasteiger charge is -2.47. The number of alkyl carbamates (subject to hydrolysis) is 1. The summed E-state index contributed by atoms with van der Waals surface area (Å²) in [4.78, 5) is 14.7. The zero-order chi connectivity index (χ0) is 17.9. The van der Waals surface area contributed by atoms with E-state index >= 15 is 0 Å². The van der Waals surface area contributed by atoms with Crippen molar-refractivity contribution in [1.82, 2.24) is 10.2 Å². The molecular weight excluding hydrogens is 300 g/mol. The van der Waals surface area contributed by atoms with Crippen LogP contribution in [0.15, 0.2) is 30.3 Å². The normalized spacial score (nSPS) is 28.4. The summed E-state index contributed by atoms with van der Waals surface area (Å²) in [5.41, 5.74) is 0.837. The Morgan fingerprint density at radius 3 is 2.42 bits per heavy atom. The molecule has 0 aliphatic carbocycles. The number of piperidine rings is 1. The standard InChI is InChI=1S/C20H32N2O2/c1-14-12-15(2)22(13-17-10-8-7-9-11-17)16(3)18(14)21-19(23)24-20(4,5)6/h7-11,14-16,18H,12-13H2,1-6H3,(H,21,23)/t14-,15+,16+,18+/m1/s1. The molecule has 24 heavy (non-hydrogen) atoms. The number of nitrogens with zero attached hydrogens (tertiary/aromatic N) is 1. The Morgan fingerprint density at radius 1 is 1.21 bits per heavy atom. The number of carbonyl (C=O) groups is 1. The van der Waals surface area contributed by atoms with E-state index in [0.717, 1.165) is 13.0 Å². The first-order valence-electron chi connectivity index (χ1n) is 8.96. The summed E-state index contributed by atoms with van der Waals surface area (Å²) in [5, 5.41) is 3.11. The molecule has 0 radical (unpaired) electrons. The van der Waals surface area contributed by atoms with Gasteiger partial charge in [-0.25, -0.2) is 4.79 Å². The summed E-state index contributed by atoms with van der Waals surface area (Å²) in [6.07, 6.45) is 0.748. The van der Waals surface area contributed by atoms with Crippen molar-refractivity contribution in [3.05, 3.63) is 35.9 Å². The van der Waals surface area contributed by atoms with E-state index in [1.165, 1.54) is 5.56 Å². The van der Waals surface area contributed by atoms with Crippen LogP contribution in [0.1, 0.15) is 53.5 Å². The van der Waals surface area contributed by atoms with Gasteiger partial charge >= 0.3 is 6.09 Å². The second-order valence-electron chi connectivity index (χ2n) is 8.13. The zero-order valence-corrected chi connectivity index (χ0v) is 15.9. The van der Waals surface area contributed by atoms with Gasteiger partial charge in [-0.3, -0.25) is 4.90 Å². The minimum Gasteiger partial charge on any atom is -0.444 e. The maximum atomic E-state index is 12.2. The first kappa shape index (κ1) is 18.8. The number of likely N-dealkylation sites (tertiary alicyclic amines) is 1. The quantitative estimate of drug-likeness (QED) is 0.902. The SMILES string of the molecule is C[C@@H]1C[C@H](C)N(Cc2ccccc2)[C@@H](C)[C@H]1NC(=O)OC(C)(C)C. The van der Waals surface area contributed by atoms with Gasteiger partial charge in [0.2, 0.25) is 0 Å². The molecule has 0 aromatic heterocycles. The van der Waals surface area contributed by atoms with Crippen molar-refractivity contribution >= 4 is 6.09 Å². The maximum absolute atomic E-state index is 12.2. The molecule has 0 spiro atoms. The first-order valence-corrected chi connectivity index (χ1v) is 8.96. The maximum Gasteiger partial charge on any atom is 0.407 e. The third-order valence-electron chi connectivity index (χ3n) is 4.83. The molecule has 4 nitrogen and oxygen atoms in total. The minimum atomic E-state index is -0.470. The summed E-state index contributed by atoms with van der Waals surface area (Å²) in [6.45, 7) is 13.3. The molecule has 1 N–H and O–H groups in total. The third-order valence-corrected chi connectivity index (χ3v) is 4.83. The minimum absolute atomic E-state index is 0.0970. The van der Waals surface area contributed by atoms with E-state index in [1.54, 1.807) is 0 Å². The highest BCUT2D eigenvalue weighted by Gasteiger charge is 2.38. The van der Waals surface area contributed by atoms with Crippen molar-refractivity contribution in [1.29, 1.82) is 0 Å². The van der Waals surface area contributed by atoms with Crippen LogP contribution in [0.3, 0.4) is 0 Å². The van der Waals surface area contributed by atoms with Gasteiger partial charge in [-0.2, -0.15) is 0 Å². The second kappa shape index (κ2) is 7.56. The molecule has 1 aromatic carbocycles. The second-order valence-corrected chi connectivity index (χ2v) is 8.13. The first-order chi connectivity index (χ1) is 11.2. The highest BCUT2D eigenvalue weighted by atomic mass is 16.6. The van der Waals surface area contributed by atoms with Crippen LogP contribution in [-0.2, 0) is 11.3 Å². The Morgan fingerprint density at radius 2 is 1.83 bits per heavy atom. The Bertz CT molecular complexity index is 538. The van der Waals surface area contributed by atoms with Crippen molar-refractivity contribution in [2.24, 2.45) is 5.92 Å². The fourth-order valence-electron chi connectivity index (χ4n) is 3.70. The fraction of sp³-hybridized carbons (Fsp3) is 0.650. The van der Waals surface area contributed by atoms with Gasteiger partial charge in [0.25, 0.3) is 0 Å². The lowest BCUT2D eigenvalue weighted by Crippen LogP contribution is -2.60. The van der Waals surface area contributed by atoms with Crippen LogP contribution in [0.2, 0.25) is 0 Å². The molecule has 1 aromatic rings. The van der Waals surface area contributed by atoms with E-state index in [-0.39, 0.29) is 18.2 Å². The molecule has 4 heteroatoms. The molecule has 0 saturated carbocycles. The fourth-order valence-corrected chi connectivity index (χ4v) is 3.70. The number of carbonyl (C=O) groups excluding carboxylic acids is 1. The zero-order valence-electron chi connectivity index (χ0n) is 15.9. The van der Waals surface area contributed by atoms with Gasteiger partial charge in [0.05, 0.1) is 6.04 Å². The summed E-state index contributed by atoms with van der Waals surface area (Å²) >= 11 is 0. The van der Waals surface area contributed by atoms with Gasteiger partial charge in [0, 0.05) is 18.6 Å². The van der Waals surface area contributed by atoms with E-state index in [4.69, 9.17) is 4.74 Å². The monoisotopic (exact) mass is 332 g/mol. The van der Waals surface area contributed by atoms with Crippen LogP contribution < -0.4 is 5.32 Å². The van der Waals surface area contributed by atoms with Crippen molar-refractivity contribution in [3.63, 3.8) is 0 Å². The molecule has 1 saturated heterocycles. The Balaban J connectivity index is 2.07. The van der Waals surface area contributed by atoms with E-state index in [1.807, 2.05) is 26.8 Å². The van der Waals surface area contributed by atoms with Gasteiger partial charge in [-0.05, 0) is 52.5 Å².